The van der Waals surface area contributed by atoms with E-state index >= 15 is 0 Å². The van der Waals surface area contributed by atoms with E-state index in [9.17, 15) is 24.0 Å². The second kappa shape index (κ2) is 19.4. The Morgan fingerprint density at radius 1 is 0.980 bits per heavy atom. The SMILES string of the molecule is Cc1cc(C2CCNCC2)oc(=O)c1C(=O)N1CC(=O)NCCCc2cncc(c2)C(=O)N[C@H](C(C)C)C(=O)NC(Cc2ccccc2)C1.Cl.Cl. The van der Waals surface area contributed by atoms with Crippen molar-refractivity contribution in [3.05, 3.63) is 98.9 Å². The first-order valence-corrected chi connectivity index (χ1v) is 17.1. The molecule has 2 aliphatic rings. The van der Waals surface area contributed by atoms with E-state index in [-0.39, 0.29) is 55.3 Å². The summed E-state index contributed by atoms with van der Waals surface area (Å²) in [6.07, 6.45) is 6.21. The summed E-state index contributed by atoms with van der Waals surface area (Å²) in [6.45, 7) is 6.92. The highest BCUT2D eigenvalue weighted by molar-refractivity contribution is 5.98. The van der Waals surface area contributed by atoms with Gasteiger partial charge in [0, 0.05) is 31.4 Å². The second-order valence-corrected chi connectivity index (χ2v) is 13.3. The lowest BCUT2D eigenvalue weighted by molar-refractivity contribution is -0.124. The summed E-state index contributed by atoms with van der Waals surface area (Å²) in [5, 5.41) is 12.1. The van der Waals surface area contributed by atoms with Crippen LogP contribution in [0, 0.1) is 12.8 Å². The van der Waals surface area contributed by atoms with E-state index in [1.807, 2.05) is 44.2 Å². The highest BCUT2D eigenvalue weighted by Gasteiger charge is 2.32. The summed E-state index contributed by atoms with van der Waals surface area (Å²) in [6, 6.07) is 11.4. The van der Waals surface area contributed by atoms with Crippen molar-refractivity contribution >= 4 is 48.4 Å². The summed E-state index contributed by atoms with van der Waals surface area (Å²) in [5.41, 5.74) is 1.63. The van der Waals surface area contributed by atoms with E-state index in [0.29, 0.717) is 42.7 Å². The molecule has 2 aromatic heterocycles. The van der Waals surface area contributed by atoms with Crippen LogP contribution in [0.1, 0.15) is 82.2 Å². The number of hydrogen-bond acceptors (Lipinski definition) is 8. The fourth-order valence-corrected chi connectivity index (χ4v) is 6.45. The van der Waals surface area contributed by atoms with Crippen LogP contribution < -0.4 is 26.9 Å². The van der Waals surface area contributed by atoms with Crippen molar-refractivity contribution < 1.29 is 23.6 Å². The fourth-order valence-electron chi connectivity index (χ4n) is 6.45. The molecule has 1 fully saturated rings. The number of piperidine rings is 1. The maximum Gasteiger partial charge on any atom is 0.349 e. The van der Waals surface area contributed by atoms with Crippen LogP contribution in [0.2, 0.25) is 0 Å². The number of amides is 4. The van der Waals surface area contributed by atoms with E-state index in [1.54, 1.807) is 25.3 Å². The Hall–Kier alpha value is -4.26. The van der Waals surface area contributed by atoms with Gasteiger partial charge in [0.2, 0.25) is 11.8 Å². The molecule has 2 aliphatic heterocycles. The largest absolute Gasteiger partial charge is 0.427 e. The standard InChI is InChI=1S/C37H46N6O6.2ClH/c1-23(2)33-35(46)41-29(18-25-8-5-4-6-9-25)21-43(22-31(44)40-13-7-10-26-17-28(20-39-19-26)34(45)42-33)36(47)32-24(3)16-30(49-37(32)48)27-11-14-38-15-12-27;;/h4-6,8-9,16-17,19-20,23,27,29,33,38H,7,10-15,18,21-22H2,1-3H3,(H,40,44)(H,41,46)(H,42,45);2*1H/t29?,33-;;/m1../s1. The highest BCUT2D eigenvalue weighted by Crippen LogP contribution is 2.26. The van der Waals surface area contributed by atoms with Crippen molar-refractivity contribution in [2.75, 3.05) is 32.7 Å². The molecule has 2 atom stereocenters. The van der Waals surface area contributed by atoms with E-state index < -0.39 is 41.3 Å². The molecule has 0 aliphatic carbocycles. The quantitative estimate of drug-likeness (QED) is 0.310. The van der Waals surface area contributed by atoms with Crippen LogP contribution in [0.25, 0.3) is 0 Å². The lowest BCUT2D eigenvalue weighted by Gasteiger charge is -2.30. The predicted molar refractivity (Wildman–Crippen MR) is 199 cm³/mol. The third-order valence-electron chi connectivity index (χ3n) is 9.11. The summed E-state index contributed by atoms with van der Waals surface area (Å²) >= 11 is 0. The zero-order valence-electron chi connectivity index (χ0n) is 29.2. The minimum absolute atomic E-state index is 0. The first-order chi connectivity index (χ1) is 23.6. The van der Waals surface area contributed by atoms with E-state index in [2.05, 4.69) is 26.3 Å². The number of carbonyl (C=O) groups is 4. The third-order valence-corrected chi connectivity index (χ3v) is 9.11. The van der Waals surface area contributed by atoms with Crippen molar-refractivity contribution in [1.82, 2.24) is 31.2 Å². The van der Waals surface area contributed by atoms with Gasteiger partial charge in [-0.15, -0.1) is 24.8 Å². The summed E-state index contributed by atoms with van der Waals surface area (Å²) in [4.78, 5) is 73.7. The Balaban J connectivity index is 0.00000351. The number of aromatic nitrogens is 1. The Labute approximate surface area is 310 Å². The van der Waals surface area contributed by atoms with Crippen LogP contribution in [0.5, 0.6) is 0 Å². The molecular weight excluding hydrogens is 695 g/mol. The Kier molecular flexibility index (Phi) is 15.6. The predicted octanol–water partition coefficient (Wildman–Crippen LogP) is 3.34. The zero-order valence-corrected chi connectivity index (χ0v) is 30.9. The Morgan fingerprint density at radius 2 is 1.71 bits per heavy atom. The van der Waals surface area contributed by atoms with Gasteiger partial charge in [-0.1, -0.05) is 44.2 Å². The molecule has 2 bridgehead atoms. The van der Waals surface area contributed by atoms with Crippen molar-refractivity contribution in [2.24, 2.45) is 5.92 Å². The highest BCUT2D eigenvalue weighted by atomic mass is 35.5. The van der Waals surface area contributed by atoms with Gasteiger partial charge in [0.25, 0.3) is 11.8 Å². The smallest absolute Gasteiger partial charge is 0.349 e. The molecule has 0 radical (unpaired) electrons. The number of pyridine rings is 1. The molecule has 12 nitrogen and oxygen atoms in total. The first kappa shape index (κ1) is 41.2. The molecule has 4 heterocycles. The molecule has 4 amide bonds. The molecule has 51 heavy (non-hydrogen) atoms. The third kappa shape index (κ3) is 11.1. The average Bonchev–Trinajstić information content (AvgIpc) is 3.08. The summed E-state index contributed by atoms with van der Waals surface area (Å²) in [7, 11) is 0. The fraction of sp³-hybridized carbons (Fsp3) is 0.459. The van der Waals surface area contributed by atoms with Crippen LogP contribution in [-0.4, -0.2) is 78.3 Å². The molecule has 0 saturated carbocycles. The van der Waals surface area contributed by atoms with Gasteiger partial charge >= 0.3 is 5.63 Å². The maximum absolute atomic E-state index is 14.3. The molecule has 4 N–H and O–H groups in total. The van der Waals surface area contributed by atoms with Gasteiger partial charge in [-0.05, 0) is 86.9 Å². The monoisotopic (exact) mass is 742 g/mol. The number of halogens is 2. The van der Waals surface area contributed by atoms with Gasteiger partial charge in [-0.3, -0.25) is 24.2 Å². The van der Waals surface area contributed by atoms with Gasteiger partial charge in [-0.25, -0.2) is 4.79 Å². The van der Waals surface area contributed by atoms with Crippen molar-refractivity contribution in [2.45, 2.75) is 70.9 Å². The number of nitrogens with zero attached hydrogens (tertiary/aromatic N) is 2. The van der Waals surface area contributed by atoms with Crippen LogP contribution in [0.4, 0.5) is 0 Å². The number of hydrogen-bond donors (Lipinski definition) is 4. The van der Waals surface area contributed by atoms with Gasteiger partial charge in [-0.2, -0.15) is 0 Å². The second-order valence-electron chi connectivity index (χ2n) is 13.3. The Bertz CT molecular complexity index is 1710. The van der Waals surface area contributed by atoms with Crippen LogP contribution in [0.15, 0.2) is 64.1 Å². The minimum atomic E-state index is -0.894. The lowest BCUT2D eigenvalue weighted by Crippen LogP contribution is -2.56. The molecule has 1 aromatic carbocycles. The molecule has 1 saturated heterocycles. The van der Waals surface area contributed by atoms with Crippen LogP contribution in [-0.2, 0) is 22.4 Å². The number of benzene rings is 1. The zero-order chi connectivity index (χ0) is 34.9. The molecular formula is C37H48Cl2N6O6. The molecule has 276 valence electrons. The van der Waals surface area contributed by atoms with Crippen LogP contribution >= 0.6 is 24.8 Å². The average molecular weight is 744 g/mol. The number of fused-ring (bicyclic) bond motifs is 2. The van der Waals surface area contributed by atoms with E-state index in [4.69, 9.17) is 4.42 Å². The van der Waals surface area contributed by atoms with Gasteiger partial charge < -0.3 is 30.6 Å². The first-order valence-electron chi connectivity index (χ1n) is 17.1. The summed E-state index contributed by atoms with van der Waals surface area (Å²) < 4.78 is 5.74. The van der Waals surface area contributed by atoms with E-state index in [0.717, 1.165) is 37.1 Å². The number of nitrogens with one attached hydrogen (secondary N) is 4. The maximum atomic E-state index is 14.3. The normalized spacial score (nSPS) is 19.5. The lowest BCUT2D eigenvalue weighted by atomic mass is 9.94. The van der Waals surface area contributed by atoms with Crippen molar-refractivity contribution in [3.63, 3.8) is 0 Å². The van der Waals surface area contributed by atoms with Gasteiger partial charge in [0.15, 0.2) is 0 Å². The number of rotatable bonds is 5. The van der Waals surface area contributed by atoms with E-state index in [1.165, 1.54) is 11.1 Å². The Morgan fingerprint density at radius 3 is 2.39 bits per heavy atom. The van der Waals surface area contributed by atoms with Gasteiger partial charge in [0.1, 0.15) is 17.4 Å². The topological polar surface area (TPSA) is 163 Å². The molecule has 3 aromatic rings. The molecule has 14 heteroatoms. The number of carbonyl (C=O) groups excluding carboxylic acids is 4. The molecule has 0 spiro atoms. The summed E-state index contributed by atoms with van der Waals surface area (Å²) in [5.74, 6) is -1.55. The van der Waals surface area contributed by atoms with Crippen molar-refractivity contribution in [1.29, 1.82) is 0 Å². The number of aryl methyl sites for hydroxylation is 2. The molecule has 5 rings (SSSR count). The van der Waals surface area contributed by atoms with Crippen molar-refractivity contribution in [3.8, 4) is 0 Å². The molecule has 1 unspecified atom stereocenters. The van der Waals surface area contributed by atoms with Crippen LogP contribution in [0.3, 0.4) is 0 Å². The minimum Gasteiger partial charge on any atom is -0.427 e. The van der Waals surface area contributed by atoms with Gasteiger partial charge in [0.05, 0.1) is 18.2 Å².